The number of hydrogen-bond donors (Lipinski definition) is 1. The number of aliphatic hydroxyl groups excluding tert-OH is 1. The minimum absolute atomic E-state index is 0.225. The van der Waals surface area contributed by atoms with Crippen molar-refractivity contribution in [3.63, 3.8) is 0 Å². The summed E-state index contributed by atoms with van der Waals surface area (Å²) < 4.78 is 24.9. The van der Waals surface area contributed by atoms with Gasteiger partial charge in [0.15, 0.2) is 0 Å². The van der Waals surface area contributed by atoms with Gasteiger partial charge < -0.3 is 5.11 Å². The van der Waals surface area contributed by atoms with Crippen LogP contribution >= 0.6 is 0 Å². The fourth-order valence-electron chi connectivity index (χ4n) is 1.19. The van der Waals surface area contributed by atoms with Gasteiger partial charge in [0.1, 0.15) is 11.8 Å². The van der Waals surface area contributed by atoms with Crippen molar-refractivity contribution in [2.45, 2.75) is 20.0 Å². The van der Waals surface area contributed by atoms with Crippen LogP contribution in [0.5, 0.6) is 0 Å². The van der Waals surface area contributed by atoms with Crippen LogP contribution in [0.25, 0.3) is 0 Å². The highest BCUT2D eigenvalue weighted by Gasteiger charge is 2.18. The molecule has 1 rings (SSSR count). The van der Waals surface area contributed by atoms with Crippen molar-refractivity contribution in [2.75, 3.05) is 0 Å². The maximum atomic E-state index is 12.5. The molecule has 0 saturated carbocycles. The Hall–Kier alpha value is -1.54. The zero-order valence-electron chi connectivity index (χ0n) is 7.46. The second-order valence-corrected chi connectivity index (χ2v) is 2.76. The smallest absolute Gasteiger partial charge is 0.266 e. The Balaban J connectivity index is 3.37. The van der Waals surface area contributed by atoms with E-state index in [0.717, 1.165) is 0 Å². The van der Waals surface area contributed by atoms with Crippen LogP contribution in [0.3, 0.4) is 0 Å². The molecular formula is C9H8F2N2O. The van der Waals surface area contributed by atoms with Crippen LogP contribution in [0, 0.1) is 18.3 Å². The average Bonchev–Trinajstić information content (AvgIpc) is 2.15. The van der Waals surface area contributed by atoms with Gasteiger partial charge in [-0.05, 0) is 18.6 Å². The van der Waals surface area contributed by atoms with E-state index in [9.17, 15) is 8.78 Å². The summed E-state index contributed by atoms with van der Waals surface area (Å²) >= 11 is 0. The average molecular weight is 198 g/mol. The number of pyridine rings is 1. The number of halogens is 2. The number of aliphatic hydroxyl groups is 1. The summed E-state index contributed by atoms with van der Waals surface area (Å²) in [4.78, 5) is 3.60. The number of nitriles is 1. The lowest BCUT2D eigenvalue weighted by Crippen LogP contribution is -2.02. The second-order valence-electron chi connectivity index (χ2n) is 2.76. The Morgan fingerprint density at radius 3 is 2.71 bits per heavy atom. The monoisotopic (exact) mass is 198 g/mol. The Bertz CT molecular complexity index is 385. The Morgan fingerprint density at radius 1 is 1.64 bits per heavy atom. The number of aryl methyl sites for hydroxylation is 1. The Kier molecular flexibility index (Phi) is 3.10. The molecule has 0 fully saturated rings. The van der Waals surface area contributed by atoms with Crippen LogP contribution in [0.15, 0.2) is 6.07 Å². The third-order valence-electron chi connectivity index (χ3n) is 1.80. The molecule has 14 heavy (non-hydrogen) atoms. The van der Waals surface area contributed by atoms with E-state index >= 15 is 0 Å². The third kappa shape index (κ3) is 1.86. The highest BCUT2D eigenvalue weighted by atomic mass is 19.3. The van der Waals surface area contributed by atoms with Gasteiger partial charge in [-0.3, -0.25) is 0 Å². The topological polar surface area (TPSA) is 56.9 Å². The first-order valence-electron chi connectivity index (χ1n) is 3.89. The highest BCUT2D eigenvalue weighted by Crippen LogP contribution is 2.25. The highest BCUT2D eigenvalue weighted by molar-refractivity contribution is 5.39. The Morgan fingerprint density at radius 2 is 2.29 bits per heavy atom. The molecule has 0 aromatic carbocycles. The Labute approximate surface area is 79.6 Å². The lowest BCUT2D eigenvalue weighted by molar-refractivity contribution is 0.149. The van der Waals surface area contributed by atoms with Crippen LogP contribution in [0.2, 0.25) is 0 Å². The minimum Gasteiger partial charge on any atom is -0.390 e. The zero-order valence-corrected chi connectivity index (χ0v) is 7.46. The molecule has 0 atom stereocenters. The van der Waals surface area contributed by atoms with Crippen LogP contribution < -0.4 is 0 Å². The fraction of sp³-hybridized carbons (Fsp3) is 0.333. The lowest BCUT2D eigenvalue weighted by Gasteiger charge is -2.07. The first kappa shape index (κ1) is 10.5. The van der Waals surface area contributed by atoms with E-state index < -0.39 is 6.43 Å². The van der Waals surface area contributed by atoms with Gasteiger partial charge in [0.25, 0.3) is 6.43 Å². The van der Waals surface area contributed by atoms with Crippen LogP contribution in [-0.2, 0) is 6.61 Å². The van der Waals surface area contributed by atoms with E-state index in [1.165, 1.54) is 13.0 Å². The molecule has 0 saturated heterocycles. The van der Waals surface area contributed by atoms with Gasteiger partial charge in [0, 0.05) is 0 Å². The van der Waals surface area contributed by atoms with Gasteiger partial charge in [0.2, 0.25) is 0 Å². The largest absolute Gasteiger partial charge is 0.390 e. The number of rotatable bonds is 2. The maximum Gasteiger partial charge on any atom is 0.266 e. The summed E-state index contributed by atoms with van der Waals surface area (Å²) in [7, 11) is 0. The number of alkyl halides is 2. The molecule has 0 radical (unpaired) electrons. The summed E-state index contributed by atoms with van der Waals surface area (Å²) in [5.41, 5.74) is -0.173. The molecule has 0 aliphatic heterocycles. The number of hydrogen-bond acceptors (Lipinski definition) is 3. The molecule has 1 aromatic heterocycles. The van der Waals surface area contributed by atoms with Crippen molar-refractivity contribution in [1.82, 2.24) is 4.98 Å². The predicted octanol–water partition coefficient (Wildman–Crippen LogP) is 1.69. The lowest BCUT2D eigenvalue weighted by atomic mass is 10.1. The van der Waals surface area contributed by atoms with Gasteiger partial charge >= 0.3 is 0 Å². The summed E-state index contributed by atoms with van der Waals surface area (Å²) in [6.07, 6.45) is -2.72. The van der Waals surface area contributed by atoms with E-state index in [-0.39, 0.29) is 29.1 Å². The van der Waals surface area contributed by atoms with Crippen molar-refractivity contribution in [2.24, 2.45) is 0 Å². The van der Waals surface area contributed by atoms with Crippen molar-refractivity contribution >= 4 is 0 Å². The normalized spacial score (nSPS) is 10.3. The van der Waals surface area contributed by atoms with E-state index in [1.54, 1.807) is 6.07 Å². The van der Waals surface area contributed by atoms with Crippen molar-refractivity contribution in [3.8, 4) is 6.07 Å². The molecular weight excluding hydrogens is 190 g/mol. The first-order chi connectivity index (χ1) is 6.60. The van der Waals surface area contributed by atoms with Crippen molar-refractivity contribution in [1.29, 1.82) is 5.26 Å². The molecule has 0 spiro atoms. The van der Waals surface area contributed by atoms with E-state index in [1.807, 2.05) is 0 Å². The number of nitrogens with zero attached hydrogens (tertiary/aromatic N) is 2. The van der Waals surface area contributed by atoms with Crippen molar-refractivity contribution < 1.29 is 13.9 Å². The van der Waals surface area contributed by atoms with Gasteiger partial charge in [-0.25, -0.2) is 13.8 Å². The quantitative estimate of drug-likeness (QED) is 0.786. The molecule has 0 amide bonds. The second kappa shape index (κ2) is 4.11. The standard InChI is InChI=1S/C9H8F2N2O/c1-5-2-6(4-14)13-7(3-12)8(5)9(10)11/h2,9,14H,4H2,1H3. The summed E-state index contributed by atoms with van der Waals surface area (Å²) in [6, 6.07) is 2.94. The van der Waals surface area contributed by atoms with E-state index in [4.69, 9.17) is 10.4 Å². The third-order valence-corrected chi connectivity index (χ3v) is 1.80. The molecule has 1 aromatic rings. The maximum absolute atomic E-state index is 12.5. The molecule has 0 aliphatic carbocycles. The minimum atomic E-state index is -2.72. The molecule has 1 heterocycles. The van der Waals surface area contributed by atoms with Gasteiger partial charge in [-0.15, -0.1) is 0 Å². The molecule has 0 aliphatic rings. The number of aromatic nitrogens is 1. The van der Waals surface area contributed by atoms with E-state index in [2.05, 4.69) is 4.98 Å². The molecule has 1 N–H and O–H groups in total. The fourth-order valence-corrected chi connectivity index (χ4v) is 1.19. The molecule has 3 nitrogen and oxygen atoms in total. The molecule has 74 valence electrons. The van der Waals surface area contributed by atoms with Crippen LogP contribution in [0.4, 0.5) is 8.78 Å². The first-order valence-corrected chi connectivity index (χ1v) is 3.89. The zero-order chi connectivity index (χ0) is 10.7. The SMILES string of the molecule is Cc1cc(CO)nc(C#N)c1C(F)F. The summed E-state index contributed by atoms with van der Waals surface area (Å²) in [6.45, 7) is 1.10. The predicted molar refractivity (Wildman–Crippen MR) is 44.6 cm³/mol. The van der Waals surface area contributed by atoms with Gasteiger partial charge in [-0.1, -0.05) is 0 Å². The van der Waals surface area contributed by atoms with Gasteiger partial charge in [-0.2, -0.15) is 5.26 Å². The van der Waals surface area contributed by atoms with Crippen LogP contribution in [0.1, 0.15) is 28.9 Å². The van der Waals surface area contributed by atoms with E-state index in [0.29, 0.717) is 0 Å². The molecule has 5 heteroatoms. The summed E-state index contributed by atoms with van der Waals surface area (Å²) in [5, 5.41) is 17.3. The molecule has 0 unspecified atom stereocenters. The molecule has 0 bridgehead atoms. The van der Waals surface area contributed by atoms with Crippen molar-refractivity contribution in [3.05, 3.63) is 28.6 Å². The van der Waals surface area contributed by atoms with Crippen LogP contribution in [-0.4, -0.2) is 10.1 Å². The summed E-state index contributed by atoms with van der Waals surface area (Å²) in [5.74, 6) is 0. The van der Waals surface area contributed by atoms with Gasteiger partial charge in [0.05, 0.1) is 17.9 Å².